The van der Waals surface area contributed by atoms with Crippen LogP contribution in [-0.2, 0) is 6.54 Å². The summed E-state index contributed by atoms with van der Waals surface area (Å²) in [4.78, 5) is 18.2. The molecule has 1 aliphatic heterocycles. The lowest BCUT2D eigenvalue weighted by Crippen LogP contribution is -2.20. The molecule has 0 amide bonds. The number of pyridine rings is 1. The number of carboxylic acids is 1. The lowest BCUT2D eigenvalue weighted by molar-refractivity contribution is 0.0695. The molecule has 1 N–H and O–H groups in total. The van der Waals surface area contributed by atoms with Gasteiger partial charge in [-0.3, -0.25) is 4.68 Å². The highest BCUT2D eigenvalue weighted by atomic mass is 16.5. The van der Waals surface area contributed by atoms with E-state index in [4.69, 9.17) is 4.74 Å². The van der Waals surface area contributed by atoms with E-state index >= 15 is 0 Å². The van der Waals surface area contributed by atoms with Crippen molar-refractivity contribution in [2.75, 3.05) is 25.1 Å². The van der Waals surface area contributed by atoms with Crippen molar-refractivity contribution in [2.24, 2.45) is 0 Å². The summed E-state index contributed by atoms with van der Waals surface area (Å²) in [7, 11) is 1.65. The first-order chi connectivity index (χ1) is 12.2. The molecular formula is C18H22N4O3. The van der Waals surface area contributed by atoms with Gasteiger partial charge in [0.15, 0.2) is 11.6 Å². The van der Waals surface area contributed by atoms with Gasteiger partial charge in [-0.05, 0) is 37.3 Å². The summed E-state index contributed by atoms with van der Waals surface area (Å²) in [5.41, 5.74) is 1.97. The second-order valence-corrected chi connectivity index (χ2v) is 6.77. The van der Waals surface area contributed by atoms with Gasteiger partial charge in [0.1, 0.15) is 5.56 Å². The number of methoxy groups -OCH3 is 1. The maximum absolute atomic E-state index is 11.4. The van der Waals surface area contributed by atoms with Crippen LogP contribution in [0.15, 0.2) is 18.5 Å². The standard InChI is InChI=1S/C18H22N4O3/c1-25-15-8-12(9-19-17(15)21-6-2-3-7-21)10-22-11-14(18(23)24)16(20-22)13-4-5-13/h8-9,11,13H,2-7,10H2,1H3,(H,23,24). The van der Waals surface area contributed by atoms with Crippen molar-refractivity contribution in [3.05, 3.63) is 35.3 Å². The molecule has 1 saturated carbocycles. The van der Waals surface area contributed by atoms with Crippen molar-refractivity contribution in [1.29, 1.82) is 0 Å². The minimum atomic E-state index is -0.909. The molecular weight excluding hydrogens is 320 g/mol. The molecule has 0 spiro atoms. The number of hydrogen-bond acceptors (Lipinski definition) is 5. The van der Waals surface area contributed by atoms with E-state index in [1.165, 1.54) is 12.8 Å². The van der Waals surface area contributed by atoms with Crippen LogP contribution < -0.4 is 9.64 Å². The van der Waals surface area contributed by atoms with Crippen LogP contribution >= 0.6 is 0 Å². The third-order valence-corrected chi connectivity index (χ3v) is 4.84. The Morgan fingerprint density at radius 1 is 1.36 bits per heavy atom. The number of carbonyl (C=O) groups is 1. The molecule has 2 fully saturated rings. The predicted octanol–water partition coefficient (Wildman–Crippen LogP) is 2.51. The SMILES string of the molecule is COc1cc(Cn2cc(C(=O)O)c(C3CC3)n2)cnc1N1CCCC1. The lowest BCUT2D eigenvalue weighted by atomic mass is 10.2. The van der Waals surface area contributed by atoms with E-state index in [0.717, 1.165) is 43.1 Å². The lowest BCUT2D eigenvalue weighted by Gasteiger charge is -2.19. The van der Waals surface area contributed by atoms with Gasteiger partial charge >= 0.3 is 5.97 Å². The van der Waals surface area contributed by atoms with Crippen LogP contribution in [0.3, 0.4) is 0 Å². The summed E-state index contributed by atoms with van der Waals surface area (Å²) in [5.74, 6) is 1.03. The van der Waals surface area contributed by atoms with E-state index in [1.807, 2.05) is 12.3 Å². The van der Waals surface area contributed by atoms with Crippen LogP contribution in [0.2, 0.25) is 0 Å². The van der Waals surface area contributed by atoms with Gasteiger partial charge in [-0.15, -0.1) is 0 Å². The van der Waals surface area contributed by atoms with Gasteiger partial charge in [0.2, 0.25) is 0 Å². The molecule has 2 aromatic rings. The normalized spacial score (nSPS) is 17.1. The van der Waals surface area contributed by atoms with Crippen LogP contribution in [0.25, 0.3) is 0 Å². The fraction of sp³-hybridized carbons (Fsp3) is 0.500. The molecule has 1 aliphatic carbocycles. The summed E-state index contributed by atoms with van der Waals surface area (Å²) in [6, 6.07) is 1.97. The van der Waals surface area contributed by atoms with Crippen LogP contribution in [-0.4, -0.2) is 46.0 Å². The number of ether oxygens (including phenoxy) is 1. The summed E-state index contributed by atoms with van der Waals surface area (Å²) >= 11 is 0. The number of carboxylic acid groups (broad SMARTS) is 1. The Kier molecular flexibility index (Phi) is 4.07. The first-order valence-electron chi connectivity index (χ1n) is 8.74. The molecule has 4 rings (SSSR count). The molecule has 7 heteroatoms. The van der Waals surface area contributed by atoms with Crippen LogP contribution in [0, 0.1) is 0 Å². The molecule has 0 bridgehead atoms. The highest BCUT2D eigenvalue weighted by molar-refractivity contribution is 5.89. The Balaban J connectivity index is 1.58. The zero-order valence-corrected chi connectivity index (χ0v) is 14.3. The fourth-order valence-corrected chi connectivity index (χ4v) is 3.41. The van der Waals surface area contributed by atoms with E-state index in [2.05, 4.69) is 15.0 Å². The molecule has 0 atom stereocenters. The topological polar surface area (TPSA) is 80.5 Å². The van der Waals surface area contributed by atoms with Gasteiger partial charge in [-0.25, -0.2) is 9.78 Å². The average Bonchev–Trinajstić information content (AvgIpc) is 3.14. The monoisotopic (exact) mass is 342 g/mol. The second-order valence-electron chi connectivity index (χ2n) is 6.77. The molecule has 132 valence electrons. The quantitative estimate of drug-likeness (QED) is 0.869. The van der Waals surface area contributed by atoms with Crippen molar-refractivity contribution in [3.8, 4) is 5.75 Å². The Labute approximate surface area is 146 Å². The molecule has 0 unspecified atom stereocenters. The Hall–Kier alpha value is -2.57. The fourth-order valence-electron chi connectivity index (χ4n) is 3.41. The predicted molar refractivity (Wildman–Crippen MR) is 92.5 cm³/mol. The van der Waals surface area contributed by atoms with Gasteiger partial charge in [0.05, 0.1) is 19.3 Å². The van der Waals surface area contributed by atoms with Crippen LogP contribution in [0.4, 0.5) is 5.82 Å². The molecule has 2 aliphatic rings. The Morgan fingerprint density at radius 2 is 2.12 bits per heavy atom. The van der Waals surface area contributed by atoms with E-state index < -0.39 is 5.97 Å². The third kappa shape index (κ3) is 3.18. The molecule has 0 radical (unpaired) electrons. The van der Waals surface area contributed by atoms with E-state index in [-0.39, 0.29) is 0 Å². The van der Waals surface area contributed by atoms with E-state index in [1.54, 1.807) is 18.0 Å². The minimum absolute atomic E-state index is 0.303. The van der Waals surface area contributed by atoms with Crippen molar-refractivity contribution in [3.63, 3.8) is 0 Å². The number of hydrogen-bond donors (Lipinski definition) is 1. The van der Waals surface area contributed by atoms with Crippen molar-refractivity contribution in [2.45, 2.75) is 38.1 Å². The zero-order valence-electron chi connectivity index (χ0n) is 14.3. The summed E-state index contributed by atoms with van der Waals surface area (Å²) in [6.07, 6.45) is 7.86. The Morgan fingerprint density at radius 3 is 2.76 bits per heavy atom. The summed E-state index contributed by atoms with van der Waals surface area (Å²) < 4.78 is 7.22. The number of aromatic carboxylic acids is 1. The number of nitrogens with zero attached hydrogens (tertiary/aromatic N) is 4. The molecule has 0 aromatic carbocycles. The van der Waals surface area contributed by atoms with Crippen LogP contribution in [0.1, 0.15) is 53.2 Å². The van der Waals surface area contributed by atoms with Gasteiger partial charge in [-0.1, -0.05) is 0 Å². The van der Waals surface area contributed by atoms with Crippen LogP contribution in [0.5, 0.6) is 5.75 Å². The van der Waals surface area contributed by atoms with Crippen molar-refractivity contribution in [1.82, 2.24) is 14.8 Å². The molecule has 7 nitrogen and oxygen atoms in total. The number of aromatic nitrogens is 3. The van der Waals surface area contributed by atoms with E-state index in [9.17, 15) is 9.90 Å². The highest BCUT2D eigenvalue weighted by Gasteiger charge is 2.31. The first kappa shape index (κ1) is 15.9. The first-order valence-corrected chi connectivity index (χ1v) is 8.74. The van der Waals surface area contributed by atoms with Gasteiger partial charge in [0, 0.05) is 31.4 Å². The number of rotatable bonds is 6. The maximum Gasteiger partial charge on any atom is 0.339 e. The smallest absolute Gasteiger partial charge is 0.339 e. The van der Waals surface area contributed by atoms with Gasteiger partial charge < -0.3 is 14.7 Å². The van der Waals surface area contributed by atoms with Crippen molar-refractivity contribution >= 4 is 11.8 Å². The largest absolute Gasteiger partial charge is 0.493 e. The summed E-state index contributed by atoms with van der Waals surface area (Å²) in [6.45, 7) is 2.50. The Bertz CT molecular complexity index is 792. The molecule has 3 heterocycles. The summed E-state index contributed by atoms with van der Waals surface area (Å²) in [5, 5.41) is 13.9. The number of anilines is 1. The van der Waals surface area contributed by atoms with Gasteiger partial charge in [0.25, 0.3) is 0 Å². The third-order valence-electron chi connectivity index (χ3n) is 4.84. The minimum Gasteiger partial charge on any atom is -0.493 e. The zero-order chi connectivity index (χ0) is 17.4. The molecule has 1 saturated heterocycles. The maximum atomic E-state index is 11.4. The van der Waals surface area contributed by atoms with Crippen molar-refractivity contribution < 1.29 is 14.6 Å². The second kappa shape index (κ2) is 6.38. The molecule has 25 heavy (non-hydrogen) atoms. The molecule has 2 aromatic heterocycles. The average molecular weight is 342 g/mol. The van der Waals surface area contributed by atoms with Gasteiger partial charge in [-0.2, -0.15) is 5.10 Å². The van der Waals surface area contributed by atoms with E-state index in [0.29, 0.717) is 23.7 Å². The highest BCUT2D eigenvalue weighted by Crippen LogP contribution is 2.40.